The highest BCUT2D eigenvalue weighted by atomic mass is 14.8. The quantitative estimate of drug-likeness (QED) is 0.485. The molecule has 0 aliphatic carbocycles. The van der Waals surface area contributed by atoms with Gasteiger partial charge < -0.3 is 4.98 Å². The van der Waals surface area contributed by atoms with Crippen molar-refractivity contribution in [1.82, 2.24) is 19.9 Å². The van der Waals surface area contributed by atoms with E-state index < -0.39 is 0 Å². The van der Waals surface area contributed by atoms with E-state index >= 15 is 0 Å². The van der Waals surface area contributed by atoms with Gasteiger partial charge in [-0.25, -0.2) is 4.98 Å². The standard InChI is InChI=1S/C22H16N4/c1-14-4-2-3-5-17(14)16-10-18-19(13-26-22(18)25-12-16)15-6-7-20-21(11-15)24-9-8-23-20/h2-13H,1H3,(H,25,26). The third kappa shape index (κ3) is 2.35. The molecule has 1 N–H and O–H groups in total. The number of nitrogens with zero attached hydrogens (tertiary/aromatic N) is 3. The minimum absolute atomic E-state index is 0.886. The van der Waals surface area contributed by atoms with Gasteiger partial charge in [0.1, 0.15) is 5.65 Å². The van der Waals surface area contributed by atoms with E-state index in [0.717, 1.165) is 38.8 Å². The molecular weight excluding hydrogens is 320 g/mol. The molecule has 5 rings (SSSR count). The molecule has 4 heteroatoms. The molecule has 0 saturated carbocycles. The van der Waals surface area contributed by atoms with E-state index in [9.17, 15) is 0 Å². The van der Waals surface area contributed by atoms with E-state index in [1.54, 1.807) is 12.4 Å². The molecule has 0 atom stereocenters. The van der Waals surface area contributed by atoms with Gasteiger partial charge in [-0.1, -0.05) is 30.3 Å². The third-order valence-electron chi connectivity index (χ3n) is 4.77. The van der Waals surface area contributed by atoms with Gasteiger partial charge in [0.2, 0.25) is 0 Å². The van der Waals surface area contributed by atoms with E-state index in [4.69, 9.17) is 0 Å². The predicted molar refractivity (Wildman–Crippen MR) is 105 cm³/mol. The Morgan fingerprint density at radius 1 is 0.769 bits per heavy atom. The van der Waals surface area contributed by atoms with Crippen molar-refractivity contribution in [3.63, 3.8) is 0 Å². The molecule has 26 heavy (non-hydrogen) atoms. The van der Waals surface area contributed by atoms with Crippen LogP contribution in [0.2, 0.25) is 0 Å². The molecule has 0 amide bonds. The van der Waals surface area contributed by atoms with Crippen LogP contribution in [0, 0.1) is 6.92 Å². The van der Waals surface area contributed by atoms with Crippen LogP contribution in [-0.4, -0.2) is 19.9 Å². The molecule has 0 unspecified atom stereocenters. The molecule has 3 heterocycles. The normalized spacial score (nSPS) is 11.3. The Labute approximate surface area is 150 Å². The summed E-state index contributed by atoms with van der Waals surface area (Å²) in [4.78, 5) is 16.7. The van der Waals surface area contributed by atoms with Crippen molar-refractivity contribution in [2.75, 3.05) is 0 Å². The number of fused-ring (bicyclic) bond motifs is 2. The second-order valence-electron chi connectivity index (χ2n) is 6.40. The number of hydrogen-bond acceptors (Lipinski definition) is 3. The van der Waals surface area contributed by atoms with Crippen LogP contribution < -0.4 is 0 Å². The molecule has 0 aliphatic heterocycles. The fourth-order valence-electron chi connectivity index (χ4n) is 3.42. The van der Waals surface area contributed by atoms with Crippen LogP contribution >= 0.6 is 0 Å². The minimum atomic E-state index is 0.886. The predicted octanol–water partition coefficient (Wildman–Crippen LogP) is 5.15. The van der Waals surface area contributed by atoms with Crippen molar-refractivity contribution in [3.05, 3.63) is 78.9 Å². The van der Waals surface area contributed by atoms with E-state index in [2.05, 4.69) is 69.3 Å². The zero-order valence-corrected chi connectivity index (χ0v) is 14.3. The van der Waals surface area contributed by atoms with Crippen molar-refractivity contribution in [3.8, 4) is 22.3 Å². The summed E-state index contributed by atoms with van der Waals surface area (Å²) in [5, 5.41) is 1.11. The van der Waals surface area contributed by atoms with Gasteiger partial charge in [0.05, 0.1) is 11.0 Å². The molecule has 0 aliphatic rings. The zero-order valence-electron chi connectivity index (χ0n) is 14.3. The van der Waals surface area contributed by atoms with Crippen LogP contribution in [-0.2, 0) is 0 Å². The molecular formula is C22H16N4. The Morgan fingerprint density at radius 2 is 1.62 bits per heavy atom. The number of benzene rings is 2. The van der Waals surface area contributed by atoms with Gasteiger partial charge in [-0.05, 0) is 41.8 Å². The lowest BCUT2D eigenvalue weighted by molar-refractivity contribution is 1.29. The van der Waals surface area contributed by atoms with Crippen molar-refractivity contribution in [2.24, 2.45) is 0 Å². The summed E-state index contributed by atoms with van der Waals surface area (Å²) in [7, 11) is 0. The lowest BCUT2D eigenvalue weighted by atomic mass is 9.99. The van der Waals surface area contributed by atoms with Crippen LogP contribution in [0.25, 0.3) is 44.3 Å². The van der Waals surface area contributed by atoms with Crippen molar-refractivity contribution in [1.29, 1.82) is 0 Å². The summed E-state index contributed by atoms with van der Waals surface area (Å²) in [5.41, 5.74) is 8.47. The van der Waals surface area contributed by atoms with Gasteiger partial charge in [0.25, 0.3) is 0 Å². The number of hydrogen-bond donors (Lipinski definition) is 1. The van der Waals surface area contributed by atoms with Crippen molar-refractivity contribution >= 4 is 22.1 Å². The number of rotatable bonds is 2. The maximum atomic E-state index is 4.62. The van der Waals surface area contributed by atoms with Crippen LogP contribution in [0.1, 0.15) is 5.56 Å². The van der Waals surface area contributed by atoms with Crippen LogP contribution in [0.4, 0.5) is 0 Å². The second-order valence-corrected chi connectivity index (χ2v) is 6.40. The monoisotopic (exact) mass is 336 g/mol. The molecule has 5 aromatic rings. The van der Waals surface area contributed by atoms with Gasteiger partial charge >= 0.3 is 0 Å². The van der Waals surface area contributed by atoms with Crippen LogP contribution in [0.3, 0.4) is 0 Å². The fourth-order valence-corrected chi connectivity index (χ4v) is 3.42. The summed E-state index contributed by atoms with van der Waals surface area (Å²) < 4.78 is 0. The molecule has 4 nitrogen and oxygen atoms in total. The molecule has 0 fully saturated rings. The molecule has 0 radical (unpaired) electrons. The smallest absolute Gasteiger partial charge is 0.137 e. The average molecular weight is 336 g/mol. The van der Waals surface area contributed by atoms with E-state index in [0.29, 0.717) is 0 Å². The molecule has 0 saturated heterocycles. The largest absolute Gasteiger partial charge is 0.346 e. The third-order valence-corrected chi connectivity index (χ3v) is 4.77. The SMILES string of the molecule is Cc1ccccc1-c1cnc2[nH]cc(-c3ccc4nccnc4c3)c2c1. The number of aromatic nitrogens is 4. The van der Waals surface area contributed by atoms with Gasteiger partial charge in [-0.2, -0.15) is 0 Å². The first-order chi connectivity index (χ1) is 12.8. The summed E-state index contributed by atoms with van der Waals surface area (Å²) in [5.74, 6) is 0. The molecule has 3 aromatic heterocycles. The summed E-state index contributed by atoms with van der Waals surface area (Å²) in [6.07, 6.45) is 7.37. The highest BCUT2D eigenvalue weighted by molar-refractivity contribution is 5.97. The molecule has 0 spiro atoms. The van der Waals surface area contributed by atoms with Crippen LogP contribution in [0.15, 0.2) is 73.3 Å². The number of nitrogens with one attached hydrogen (secondary N) is 1. The van der Waals surface area contributed by atoms with Gasteiger partial charge in [-0.15, -0.1) is 0 Å². The highest BCUT2D eigenvalue weighted by Crippen LogP contribution is 2.32. The van der Waals surface area contributed by atoms with E-state index in [1.807, 2.05) is 18.5 Å². The van der Waals surface area contributed by atoms with Crippen LogP contribution in [0.5, 0.6) is 0 Å². The number of aromatic amines is 1. The van der Waals surface area contributed by atoms with Crippen molar-refractivity contribution in [2.45, 2.75) is 6.92 Å². The lowest BCUT2D eigenvalue weighted by Crippen LogP contribution is -1.86. The average Bonchev–Trinajstić information content (AvgIpc) is 3.11. The topological polar surface area (TPSA) is 54.5 Å². The minimum Gasteiger partial charge on any atom is -0.346 e. The Kier molecular flexibility index (Phi) is 3.28. The summed E-state index contributed by atoms with van der Waals surface area (Å²) >= 11 is 0. The molecule has 0 bridgehead atoms. The van der Waals surface area contributed by atoms with Gasteiger partial charge in [0, 0.05) is 41.3 Å². The Morgan fingerprint density at radius 3 is 2.50 bits per heavy atom. The van der Waals surface area contributed by atoms with Crippen molar-refractivity contribution < 1.29 is 0 Å². The van der Waals surface area contributed by atoms with Gasteiger partial charge in [-0.3, -0.25) is 9.97 Å². The first-order valence-corrected chi connectivity index (χ1v) is 8.54. The fraction of sp³-hybridized carbons (Fsp3) is 0.0455. The van der Waals surface area contributed by atoms with Gasteiger partial charge in [0.15, 0.2) is 0 Å². The van der Waals surface area contributed by atoms with E-state index in [-0.39, 0.29) is 0 Å². The maximum absolute atomic E-state index is 4.62. The second kappa shape index (κ2) is 5.77. The lowest BCUT2D eigenvalue weighted by Gasteiger charge is -2.06. The zero-order chi connectivity index (χ0) is 17.5. The highest BCUT2D eigenvalue weighted by Gasteiger charge is 2.11. The maximum Gasteiger partial charge on any atom is 0.137 e. The number of aryl methyl sites for hydroxylation is 1. The number of pyridine rings is 1. The Bertz CT molecular complexity index is 1250. The summed E-state index contributed by atoms with van der Waals surface area (Å²) in [6, 6.07) is 16.8. The first kappa shape index (κ1) is 14.8. The summed E-state index contributed by atoms with van der Waals surface area (Å²) in [6.45, 7) is 2.12. The first-order valence-electron chi connectivity index (χ1n) is 8.54. The molecule has 2 aromatic carbocycles. The Hall–Kier alpha value is -3.53. The van der Waals surface area contributed by atoms with E-state index in [1.165, 1.54) is 11.1 Å². The number of H-pyrrole nitrogens is 1. The molecule has 124 valence electrons. The Balaban J connectivity index is 1.70.